The van der Waals surface area contributed by atoms with Crippen LogP contribution in [0, 0.1) is 20.8 Å². The normalized spacial score (nSPS) is 16.2. The Balaban J connectivity index is 2.02. The lowest BCUT2D eigenvalue weighted by Crippen LogP contribution is -2.23. The van der Waals surface area contributed by atoms with E-state index in [1.165, 1.54) is 5.56 Å². The van der Waals surface area contributed by atoms with Gasteiger partial charge in [0.25, 0.3) is 5.91 Å². The lowest BCUT2D eigenvalue weighted by molar-refractivity contribution is -0.115. The van der Waals surface area contributed by atoms with Crippen LogP contribution in [0.1, 0.15) is 27.1 Å². The van der Waals surface area contributed by atoms with Crippen LogP contribution in [0.25, 0.3) is 6.08 Å². The van der Waals surface area contributed by atoms with Gasteiger partial charge in [0, 0.05) is 0 Å². The number of rotatable bonds is 2. The molecule has 1 aromatic heterocycles. The van der Waals surface area contributed by atoms with Gasteiger partial charge >= 0.3 is 0 Å². The van der Waals surface area contributed by atoms with Crippen molar-refractivity contribution in [3.05, 3.63) is 62.5 Å². The second-order valence-electron chi connectivity index (χ2n) is 5.23. The van der Waals surface area contributed by atoms with Gasteiger partial charge in [-0.25, -0.2) is 4.99 Å². The zero-order chi connectivity index (χ0) is 15.0. The van der Waals surface area contributed by atoms with Crippen LogP contribution in [-0.2, 0) is 4.79 Å². The summed E-state index contributed by atoms with van der Waals surface area (Å²) in [6, 6.07) is 8.14. The van der Waals surface area contributed by atoms with Gasteiger partial charge in [0.1, 0.15) is 5.70 Å². The van der Waals surface area contributed by atoms with E-state index in [9.17, 15) is 4.79 Å². The van der Waals surface area contributed by atoms with Crippen molar-refractivity contribution in [3.63, 3.8) is 0 Å². The van der Waals surface area contributed by atoms with Gasteiger partial charge in [0.15, 0.2) is 5.84 Å². The van der Waals surface area contributed by atoms with E-state index in [1.54, 1.807) is 11.3 Å². The number of carbonyl (C=O) groups is 1. The van der Waals surface area contributed by atoms with Crippen molar-refractivity contribution in [2.75, 3.05) is 0 Å². The molecule has 1 aliphatic rings. The maximum atomic E-state index is 12.1. The highest BCUT2D eigenvalue weighted by molar-refractivity contribution is 7.12. The smallest absolute Gasteiger partial charge is 0.275 e. The molecule has 0 saturated heterocycles. The molecule has 0 atom stereocenters. The molecule has 2 aromatic rings. The molecule has 3 rings (SSSR count). The molecular weight excluding hydrogens is 280 g/mol. The Labute approximate surface area is 128 Å². The summed E-state index contributed by atoms with van der Waals surface area (Å²) in [6.07, 6.45) is 1.88. The van der Waals surface area contributed by atoms with Crippen LogP contribution in [0.3, 0.4) is 0 Å². The van der Waals surface area contributed by atoms with E-state index in [1.807, 2.05) is 23.6 Å². The van der Waals surface area contributed by atoms with Crippen LogP contribution in [0.4, 0.5) is 0 Å². The summed E-state index contributed by atoms with van der Waals surface area (Å²) < 4.78 is 0. The van der Waals surface area contributed by atoms with Crippen molar-refractivity contribution in [2.24, 2.45) is 4.99 Å². The van der Waals surface area contributed by atoms with E-state index in [0.29, 0.717) is 11.5 Å². The topological polar surface area (TPSA) is 41.5 Å². The predicted molar refractivity (Wildman–Crippen MR) is 87.6 cm³/mol. The van der Waals surface area contributed by atoms with Gasteiger partial charge in [0.05, 0.1) is 4.88 Å². The van der Waals surface area contributed by atoms with Crippen LogP contribution >= 0.6 is 11.3 Å². The molecule has 2 heterocycles. The zero-order valence-electron chi connectivity index (χ0n) is 12.2. The molecule has 1 amide bonds. The van der Waals surface area contributed by atoms with Gasteiger partial charge in [-0.15, -0.1) is 11.3 Å². The van der Waals surface area contributed by atoms with E-state index in [0.717, 1.165) is 21.6 Å². The summed E-state index contributed by atoms with van der Waals surface area (Å²) in [7, 11) is 0. The van der Waals surface area contributed by atoms with Gasteiger partial charge < -0.3 is 5.32 Å². The molecule has 4 heteroatoms. The second kappa shape index (κ2) is 5.30. The van der Waals surface area contributed by atoms with Crippen molar-refractivity contribution in [1.82, 2.24) is 5.32 Å². The number of hydrogen-bond acceptors (Lipinski definition) is 3. The third-order valence-electron chi connectivity index (χ3n) is 3.47. The fraction of sp³-hybridized carbons (Fsp3) is 0.176. The highest BCUT2D eigenvalue weighted by Crippen LogP contribution is 2.22. The third-order valence-corrected chi connectivity index (χ3v) is 4.35. The molecular formula is C17H16N2OS. The summed E-state index contributed by atoms with van der Waals surface area (Å²) in [5.74, 6) is 0.501. The summed E-state index contributed by atoms with van der Waals surface area (Å²) >= 11 is 1.57. The minimum atomic E-state index is -0.141. The molecule has 106 valence electrons. The van der Waals surface area contributed by atoms with Crippen LogP contribution in [-0.4, -0.2) is 11.7 Å². The van der Waals surface area contributed by atoms with E-state index in [2.05, 4.69) is 43.2 Å². The van der Waals surface area contributed by atoms with Gasteiger partial charge in [0.2, 0.25) is 0 Å². The second-order valence-corrected chi connectivity index (χ2v) is 6.18. The molecule has 0 aliphatic carbocycles. The number of amidine groups is 1. The Bertz CT molecular complexity index is 747. The molecule has 0 unspecified atom stereocenters. The van der Waals surface area contributed by atoms with Gasteiger partial charge in [-0.3, -0.25) is 4.79 Å². The SMILES string of the molecule is Cc1cc(C)c(/C=C2\N=C(c3cccs3)NC2=O)c(C)c1. The van der Waals surface area contributed by atoms with Crippen molar-refractivity contribution >= 4 is 29.2 Å². The first-order valence-corrected chi connectivity index (χ1v) is 7.66. The lowest BCUT2D eigenvalue weighted by Gasteiger charge is -2.07. The summed E-state index contributed by atoms with van der Waals surface area (Å²) in [5, 5.41) is 4.80. The minimum absolute atomic E-state index is 0.141. The Morgan fingerprint density at radius 2 is 1.90 bits per heavy atom. The first-order chi connectivity index (χ1) is 10.0. The monoisotopic (exact) mass is 296 g/mol. The maximum absolute atomic E-state index is 12.1. The first-order valence-electron chi connectivity index (χ1n) is 6.78. The highest BCUT2D eigenvalue weighted by atomic mass is 32.1. The van der Waals surface area contributed by atoms with Crippen molar-refractivity contribution in [3.8, 4) is 0 Å². The number of aliphatic imine (C=N–C) groups is 1. The summed E-state index contributed by atoms with van der Waals surface area (Å²) in [4.78, 5) is 17.5. The molecule has 3 nitrogen and oxygen atoms in total. The van der Waals surface area contributed by atoms with E-state index in [-0.39, 0.29) is 5.91 Å². The van der Waals surface area contributed by atoms with E-state index < -0.39 is 0 Å². The number of thiophene rings is 1. The number of hydrogen-bond donors (Lipinski definition) is 1. The largest absolute Gasteiger partial charge is 0.304 e. The van der Waals surface area contributed by atoms with Crippen molar-refractivity contribution in [2.45, 2.75) is 20.8 Å². The molecule has 1 N–H and O–H groups in total. The molecule has 0 saturated carbocycles. The minimum Gasteiger partial charge on any atom is -0.304 e. The van der Waals surface area contributed by atoms with Crippen LogP contribution in [0.2, 0.25) is 0 Å². The zero-order valence-corrected chi connectivity index (χ0v) is 13.0. The van der Waals surface area contributed by atoms with Crippen LogP contribution < -0.4 is 5.32 Å². The Kier molecular flexibility index (Phi) is 3.47. The average Bonchev–Trinajstić information content (AvgIpc) is 3.03. The Morgan fingerprint density at radius 3 is 2.52 bits per heavy atom. The molecule has 0 fully saturated rings. The number of nitrogens with zero attached hydrogens (tertiary/aromatic N) is 1. The number of aryl methyl sites for hydroxylation is 3. The van der Waals surface area contributed by atoms with E-state index >= 15 is 0 Å². The summed E-state index contributed by atoms with van der Waals surface area (Å²) in [5.41, 5.74) is 5.08. The maximum Gasteiger partial charge on any atom is 0.275 e. The number of benzene rings is 1. The Hall–Kier alpha value is -2.20. The predicted octanol–water partition coefficient (Wildman–Crippen LogP) is 3.59. The third kappa shape index (κ3) is 2.67. The number of carbonyl (C=O) groups excluding carboxylic acids is 1. The first kappa shape index (κ1) is 13.8. The van der Waals surface area contributed by atoms with Crippen molar-refractivity contribution in [1.29, 1.82) is 0 Å². The molecule has 1 aliphatic heterocycles. The fourth-order valence-electron chi connectivity index (χ4n) is 2.55. The molecule has 0 bridgehead atoms. The Morgan fingerprint density at radius 1 is 1.19 bits per heavy atom. The number of amides is 1. The summed E-state index contributed by atoms with van der Waals surface area (Å²) in [6.45, 7) is 6.19. The average molecular weight is 296 g/mol. The molecule has 0 spiro atoms. The van der Waals surface area contributed by atoms with Crippen molar-refractivity contribution < 1.29 is 4.79 Å². The standard InChI is InChI=1S/C17H16N2OS/c1-10-7-11(2)13(12(3)8-10)9-14-17(20)19-16(18-14)15-5-4-6-21-15/h4-9H,1-3H3,(H,18,19,20)/b14-9-. The number of nitrogens with one attached hydrogen (secondary N) is 1. The highest BCUT2D eigenvalue weighted by Gasteiger charge is 2.22. The molecule has 21 heavy (non-hydrogen) atoms. The van der Waals surface area contributed by atoms with Gasteiger partial charge in [-0.05, 0) is 55.0 Å². The molecule has 0 radical (unpaired) electrons. The van der Waals surface area contributed by atoms with Crippen LogP contribution in [0.5, 0.6) is 0 Å². The fourth-order valence-corrected chi connectivity index (χ4v) is 3.22. The molecule has 1 aromatic carbocycles. The van der Waals surface area contributed by atoms with Gasteiger partial charge in [-0.2, -0.15) is 0 Å². The van der Waals surface area contributed by atoms with E-state index in [4.69, 9.17) is 0 Å². The van der Waals surface area contributed by atoms with Crippen LogP contribution in [0.15, 0.2) is 40.3 Å². The quantitative estimate of drug-likeness (QED) is 0.845. The van der Waals surface area contributed by atoms with Gasteiger partial charge in [-0.1, -0.05) is 23.8 Å². The lowest BCUT2D eigenvalue weighted by atomic mass is 9.99.